The van der Waals surface area contributed by atoms with Gasteiger partial charge in [0.15, 0.2) is 0 Å². The molecule has 2 aromatic carbocycles. The van der Waals surface area contributed by atoms with Crippen LogP contribution in [-0.4, -0.2) is 16.0 Å². The van der Waals surface area contributed by atoms with Gasteiger partial charge in [0.1, 0.15) is 5.69 Å². The van der Waals surface area contributed by atoms with Crippen molar-refractivity contribution in [3.8, 4) is 0 Å². The van der Waals surface area contributed by atoms with Crippen LogP contribution in [0.5, 0.6) is 0 Å². The number of nitro benzene ring substituents is 1. The van der Waals surface area contributed by atoms with Gasteiger partial charge < -0.3 is 10.4 Å². The normalized spacial score (nSPS) is 12.0. The zero-order valence-electron chi connectivity index (χ0n) is 10.3. The molecule has 0 bridgehead atoms. The van der Waals surface area contributed by atoms with Crippen molar-refractivity contribution < 1.29 is 14.8 Å². The van der Waals surface area contributed by atoms with Crippen LogP contribution in [0.25, 0.3) is 0 Å². The monoisotopic (exact) mass is 322 g/mol. The zero-order valence-corrected chi connectivity index (χ0v) is 11.9. The topological polar surface area (TPSA) is 92.5 Å². The number of rotatable bonds is 2. The van der Waals surface area contributed by atoms with E-state index in [9.17, 15) is 14.9 Å². The largest absolute Gasteiger partial charge is 0.478 e. The molecule has 1 aliphatic heterocycles. The third-order valence-corrected chi connectivity index (χ3v) is 4.39. The number of hydrogen-bond acceptors (Lipinski definition) is 5. The molecule has 21 heavy (non-hydrogen) atoms. The highest BCUT2D eigenvalue weighted by Gasteiger charge is 2.27. The molecule has 0 radical (unpaired) electrons. The minimum atomic E-state index is -1.21. The highest BCUT2D eigenvalue weighted by molar-refractivity contribution is 7.99. The predicted molar refractivity (Wildman–Crippen MR) is 78.9 cm³/mol. The lowest BCUT2D eigenvalue weighted by atomic mass is 10.1. The molecule has 1 aliphatic rings. The van der Waals surface area contributed by atoms with Crippen molar-refractivity contribution in [1.82, 2.24) is 0 Å². The van der Waals surface area contributed by atoms with Crippen LogP contribution in [0.2, 0.25) is 5.02 Å². The Morgan fingerprint density at radius 2 is 2.05 bits per heavy atom. The van der Waals surface area contributed by atoms with Crippen LogP contribution in [0.1, 0.15) is 10.4 Å². The van der Waals surface area contributed by atoms with Gasteiger partial charge in [0.2, 0.25) is 0 Å². The van der Waals surface area contributed by atoms with Crippen LogP contribution >= 0.6 is 23.4 Å². The number of halogens is 1. The van der Waals surface area contributed by atoms with E-state index in [0.29, 0.717) is 15.6 Å². The summed E-state index contributed by atoms with van der Waals surface area (Å²) in [7, 11) is 0. The standard InChI is InChI=1S/C13H7ClN2O4S/c14-7-2-1-3-9-11(7)15-12-8(16(19)20)4-6(13(17)18)5-10(12)21-9/h1-5,15H,(H,17,18). The van der Waals surface area contributed by atoms with Crippen molar-refractivity contribution in [3.05, 3.63) is 51.0 Å². The number of nitro groups is 1. The lowest BCUT2D eigenvalue weighted by molar-refractivity contribution is -0.384. The molecule has 0 aliphatic carbocycles. The van der Waals surface area contributed by atoms with E-state index in [1.54, 1.807) is 18.2 Å². The fourth-order valence-corrected chi connectivity index (χ4v) is 3.40. The number of aromatic carboxylic acids is 1. The van der Waals surface area contributed by atoms with E-state index in [-0.39, 0.29) is 16.9 Å². The van der Waals surface area contributed by atoms with Crippen LogP contribution in [0, 0.1) is 10.1 Å². The SMILES string of the molecule is O=C(O)c1cc2c(c([N+](=O)[O-])c1)Nc1c(Cl)cccc1S2. The van der Waals surface area contributed by atoms with Crippen LogP contribution in [0.15, 0.2) is 40.1 Å². The molecule has 106 valence electrons. The maximum atomic E-state index is 11.2. The number of anilines is 2. The highest BCUT2D eigenvalue weighted by atomic mass is 35.5. The molecule has 8 heteroatoms. The maximum Gasteiger partial charge on any atom is 0.335 e. The molecule has 0 spiro atoms. The van der Waals surface area contributed by atoms with E-state index in [0.717, 1.165) is 11.0 Å². The van der Waals surface area contributed by atoms with Gasteiger partial charge in [-0.2, -0.15) is 0 Å². The zero-order chi connectivity index (χ0) is 15.1. The Balaban J connectivity index is 2.21. The summed E-state index contributed by atoms with van der Waals surface area (Å²) in [4.78, 5) is 22.9. The second-order valence-corrected chi connectivity index (χ2v) is 5.76. The molecule has 0 fully saturated rings. The third-order valence-electron chi connectivity index (χ3n) is 2.97. The molecule has 0 unspecified atom stereocenters. The first-order chi connectivity index (χ1) is 9.97. The summed E-state index contributed by atoms with van der Waals surface area (Å²) in [5.41, 5.74) is 0.432. The lowest BCUT2D eigenvalue weighted by Gasteiger charge is -2.21. The van der Waals surface area contributed by atoms with E-state index in [1.807, 2.05) is 0 Å². The van der Waals surface area contributed by atoms with E-state index < -0.39 is 10.9 Å². The Labute approximate surface area is 127 Å². The second kappa shape index (κ2) is 4.94. The van der Waals surface area contributed by atoms with E-state index in [1.165, 1.54) is 17.8 Å². The third kappa shape index (κ3) is 2.30. The van der Waals surface area contributed by atoms with Gasteiger partial charge in [-0.05, 0) is 18.2 Å². The van der Waals surface area contributed by atoms with Gasteiger partial charge in [-0.15, -0.1) is 0 Å². The van der Waals surface area contributed by atoms with Crippen molar-refractivity contribution in [2.45, 2.75) is 9.79 Å². The number of carboxylic acid groups (broad SMARTS) is 1. The number of nitrogens with one attached hydrogen (secondary N) is 1. The maximum absolute atomic E-state index is 11.2. The summed E-state index contributed by atoms with van der Waals surface area (Å²) in [6.07, 6.45) is 0. The predicted octanol–water partition coefficient (Wildman–Crippen LogP) is 4.15. The average Bonchev–Trinajstić information content (AvgIpc) is 2.44. The number of benzene rings is 2. The summed E-state index contributed by atoms with van der Waals surface area (Å²) in [6.45, 7) is 0. The van der Waals surface area contributed by atoms with Gasteiger partial charge in [-0.25, -0.2) is 4.79 Å². The fraction of sp³-hybridized carbons (Fsp3) is 0. The smallest absolute Gasteiger partial charge is 0.335 e. The van der Waals surface area contributed by atoms with E-state index >= 15 is 0 Å². The van der Waals surface area contributed by atoms with Crippen LogP contribution in [-0.2, 0) is 0 Å². The first-order valence-corrected chi connectivity index (χ1v) is 6.96. The number of para-hydroxylation sites is 1. The molecule has 2 N–H and O–H groups in total. The average molecular weight is 323 g/mol. The Morgan fingerprint density at radius 1 is 1.29 bits per heavy atom. The van der Waals surface area contributed by atoms with Crippen LogP contribution < -0.4 is 5.32 Å². The summed E-state index contributed by atoms with van der Waals surface area (Å²) < 4.78 is 0. The molecule has 0 saturated carbocycles. The van der Waals surface area contributed by atoms with Crippen LogP contribution in [0.3, 0.4) is 0 Å². The Morgan fingerprint density at radius 3 is 2.71 bits per heavy atom. The Bertz CT molecular complexity index is 794. The summed E-state index contributed by atoms with van der Waals surface area (Å²) in [5.74, 6) is -1.21. The minimum absolute atomic E-state index is 0.125. The number of hydrogen-bond donors (Lipinski definition) is 2. The molecule has 1 heterocycles. The van der Waals surface area contributed by atoms with Gasteiger partial charge >= 0.3 is 5.97 Å². The van der Waals surface area contributed by atoms with Gasteiger partial charge in [0, 0.05) is 15.9 Å². The summed E-state index contributed by atoms with van der Waals surface area (Å²) in [6, 6.07) is 7.69. The molecule has 0 saturated heterocycles. The number of carboxylic acids is 1. The molecule has 3 rings (SSSR count). The number of nitrogens with zero attached hydrogens (tertiary/aromatic N) is 1. The summed E-state index contributed by atoms with van der Waals surface area (Å²) >= 11 is 7.33. The van der Waals surface area contributed by atoms with E-state index in [2.05, 4.69) is 5.32 Å². The number of fused-ring (bicyclic) bond motifs is 2. The quantitative estimate of drug-likeness (QED) is 0.543. The van der Waals surface area contributed by atoms with Crippen molar-refractivity contribution in [2.75, 3.05) is 5.32 Å². The molecule has 0 amide bonds. The second-order valence-electron chi connectivity index (χ2n) is 4.27. The Kier molecular flexibility index (Phi) is 3.23. The lowest BCUT2D eigenvalue weighted by Crippen LogP contribution is -2.07. The molecular formula is C13H7ClN2O4S. The minimum Gasteiger partial charge on any atom is -0.478 e. The summed E-state index contributed by atoms with van der Waals surface area (Å²) in [5, 5.41) is 23.6. The van der Waals surface area contributed by atoms with Gasteiger partial charge in [0.25, 0.3) is 5.69 Å². The van der Waals surface area contributed by atoms with E-state index in [4.69, 9.17) is 16.7 Å². The fourth-order valence-electron chi connectivity index (χ4n) is 2.03. The molecule has 0 aromatic heterocycles. The van der Waals surface area contributed by atoms with Crippen molar-refractivity contribution in [1.29, 1.82) is 0 Å². The first kappa shape index (κ1) is 13.7. The van der Waals surface area contributed by atoms with Crippen molar-refractivity contribution in [3.63, 3.8) is 0 Å². The van der Waals surface area contributed by atoms with Gasteiger partial charge in [-0.1, -0.05) is 29.4 Å². The highest BCUT2D eigenvalue weighted by Crippen LogP contribution is 2.50. The molecular weight excluding hydrogens is 316 g/mol. The first-order valence-electron chi connectivity index (χ1n) is 5.76. The van der Waals surface area contributed by atoms with Crippen molar-refractivity contribution in [2.24, 2.45) is 0 Å². The van der Waals surface area contributed by atoms with Crippen molar-refractivity contribution >= 4 is 46.4 Å². The van der Waals surface area contributed by atoms with Gasteiger partial charge in [-0.3, -0.25) is 10.1 Å². The molecule has 2 aromatic rings. The number of carbonyl (C=O) groups is 1. The molecule has 0 atom stereocenters. The van der Waals surface area contributed by atoms with Gasteiger partial charge in [0.05, 0.1) is 21.2 Å². The Hall–Kier alpha value is -2.25. The van der Waals surface area contributed by atoms with Crippen LogP contribution in [0.4, 0.5) is 17.1 Å². The molecule has 6 nitrogen and oxygen atoms in total.